The molecule has 6 nitrogen and oxygen atoms in total. The van der Waals surface area contributed by atoms with Gasteiger partial charge in [-0.25, -0.2) is 4.98 Å². The zero-order valence-electron chi connectivity index (χ0n) is 15.1. The molecule has 138 valence electrons. The summed E-state index contributed by atoms with van der Waals surface area (Å²) >= 11 is 0. The Morgan fingerprint density at radius 2 is 1.85 bits per heavy atom. The zero-order valence-corrected chi connectivity index (χ0v) is 15.1. The average molecular weight is 362 g/mol. The number of aromatic nitrogens is 2. The molecule has 0 radical (unpaired) electrons. The molecule has 0 saturated carbocycles. The van der Waals surface area contributed by atoms with Gasteiger partial charge in [-0.15, -0.1) is 0 Å². The summed E-state index contributed by atoms with van der Waals surface area (Å²) in [6.07, 6.45) is 0. The van der Waals surface area contributed by atoms with Gasteiger partial charge in [0, 0.05) is 38.3 Å². The van der Waals surface area contributed by atoms with Gasteiger partial charge in [-0.1, -0.05) is 30.3 Å². The first-order valence-electron chi connectivity index (χ1n) is 9.46. The molecule has 0 unspecified atom stereocenters. The van der Waals surface area contributed by atoms with Crippen LogP contribution in [0.1, 0.15) is 15.9 Å². The highest BCUT2D eigenvalue weighted by Gasteiger charge is 2.21. The van der Waals surface area contributed by atoms with E-state index >= 15 is 0 Å². The van der Waals surface area contributed by atoms with Crippen LogP contribution in [0.4, 0.5) is 0 Å². The standard InChI is InChI=1S/C21H22N4O2/c26-21-17-2-1-3-18-19(17)25(9-8-22-21)20(23-18)16-6-4-15(5-7-16)14-24-10-12-27-13-11-24/h1-7H,8-14H2,(H,22,26). The van der Waals surface area contributed by atoms with E-state index in [0.29, 0.717) is 12.1 Å². The van der Waals surface area contributed by atoms with Crippen molar-refractivity contribution in [2.24, 2.45) is 0 Å². The lowest BCUT2D eigenvalue weighted by Crippen LogP contribution is -2.35. The number of nitrogens with one attached hydrogen (secondary N) is 1. The first-order chi connectivity index (χ1) is 13.3. The van der Waals surface area contributed by atoms with Crippen molar-refractivity contribution in [2.75, 3.05) is 32.8 Å². The quantitative estimate of drug-likeness (QED) is 0.777. The number of hydrogen-bond acceptors (Lipinski definition) is 4. The normalized spacial score (nSPS) is 17.7. The highest BCUT2D eigenvalue weighted by atomic mass is 16.5. The van der Waals surface area contributed by atoms with E-state index in [9.17, 15) is 4.79 Å². The van der Waals surface area contributed by atoms with Crippen LogP contribution >= 0.6 is 0 Å². The molecule has 0 atom stereocenters. The zero-order chi connectivity index (χ0) is 18.2. The molecule has 2 aliphatic rings. The van der Waals surface area contributed by atoms with Crippen LogP contribution in [0.5, 0.6) is 0 Å². The Kier molecular flexibility index (Phi) is 4.14. The Bertz CT molecular complexity index is 987. The van der Waals surface area contributed by atoms with Crippen LogP contribution in [-0.4, -0.2) is 53.2 Å². The summed E-state index contributed by atoms with van der Waals surface area (Å²) in [5.74, 6) is 0.901. The molecule has 1 fully saturated rings. The van der Waals surface area contributed by atoms with Crippen LogP contribution in [-0.2, 0) is 17.8 Å². The molecule has 0 aliphatic carbocycles. The van der Waals surface area contributed by atoms with Gasteiger partial charge >= 0.3 is 0 Å². The lowest BCUT2D eigenvalue weighted by atomic mass is 10.1. The minimum Gasteiger partial charge on any atom is -0.379 e. The molecule has 6 heteroatoms. The van der Waals surface area contributed by atoms with E-state index in [1.807, 2.05) is 18.2 Å². The van der Waals surface area contributed by atoms with Gasteiger partial charge in [0.05, 0.1) is 29.8 Å². The summed E-state index contributed by atoms with van der Waals surface area (Å²) in [5.41, 5.74) is 4.88. The Hall–Kier alpha value is -2.70. The van der Waals surface area contributed by atoms with Crippen molar-refractivity contribution in [2.45, 2.75) is 13.1 Å². The SMILES string of the molecule is O=C1NCCn2c(-c3ccc(CN4CCOCC4)cc3)nc3cccc1c32. The summed E-state index contributed by atoms with van der Waals surface area (Å²) in [6.45, 7) is 5.89. The third-order valence-electron chi connectivity index (χ3n) is 5.35. The minimum atomic E-state index is -0.0216. The molecule has 3 heterocycles. The molecule has 0 spiro atoms. The topological polar surface area (TPSA) is 59.4 Å². The molecule has 2 aromatic carbocycles. The number of nitrogens with zero attached hydrogens (tertiary/aromatic N) is 3. The van der Waals surface area contributed by atoms with Crippen LogP contribution in [0.15, 0.2) is 42.5 Å². The van der Waals surface area contributed by atoms with Crippen molar-refractivity contribution in [3.63, 3.8) is 0 Å². The second-order valence-electron chi connectivity index (χ2n) is 7.10. The van der Waals surface area contributed by atoms with Crippen molar-refractivity contribution >= 4 is 16.9 Å². The Labute approximate surface area is 157 Å². The number of hydrogen-bond donors (Lipinski definition) is 1. The molecule has 1 amide bonds. The monoisotopic (exact) mass is 362 g/mol. The third-order valence-corrected chi connectivity index (χ3v) is 5.35. The number of ether oxygens (including phenoxy) is 1. The Morgan fingerprint density at radius 1 is 1.04 bits per heavy atom. The predicted octanol–water partition coefficient (Wildman–Crippen LogP) is 2.28. The van der Waals surface area contributed by atoms with Crippen LogP contribution < -0.4 is 5.32 Å². The summed E-state index contributed by atoms with van der Waals surface area (Å²) in [7, 11) is 0. The second-order valence-corrected chi connectivity index (χ2v) is 7.10. The van der Waals surface area contributed by atoms with Crippen LogP contribution in [0.2, 0.25) is 0 Å². The van der Waals surface area contributed by atoms with Crippen molar-refractivity contribution in [3.05, 3.63) is 53.6 Å². The molecule has 0 bridgehead atoms. The Balaban J connectivity index is 1.49. The van der Waals surface area contributed by atoms with E-state index in [1.54, 1.807) is 0 Å². The van der Waals surface area contributed by atoms with Crippen molar-refractivity contribution in [1.29, 1.82) is 0 Å². The average Bonchev–Trinajstić information content (AvgIpc) is 2.99. The summed E-state index contributed by atoms with van der Waals surface area (Å²) in [6, 6.07) is 14.4. The largest absolute Gasteiger partial charge is 0.379 e. The molecular weight excluding hydrogens is 340 g/mol. The van der Waals surface area contributed by atoms with Crippen molar-refractivity contribution in [3.8, 4) is 11.4 Å². The lowest BCUT2D eigenvalue weighted by molar-refractivity contribution is 0.0342. The highest BCUT2D eigenvalue weighted by molar-refractivity contribution is 6.06. The predicted molar refractivity (Wildman–Crippen MR) is 104 cm³/mol. The maximum atomic E-state index is 12.3. The number of para-hydroxylation sites is 1. The maximum absolute atomic E-state index is 12.3. The van der Waals surface area contributed by atoms with Crippen LogP contribution in [0.3, 0.4) is 0 Å². The summed E-state index contributed by atoms with van der Waals surface area (Å²) in [4.78, 5) is 19.6. The van der Waals surface area contributed by atoms with Gasteiger partial charge < -0.3 is 14.6 Å². The lowest BCUT2D eigenvalue weighted by Gasteiger charge is -2.26. The molecule has 1 saturated heterocycles. The Morgan fingerprint density at radius 3 is 2.67 bits per heavy atom. The number of imidazole rings is 1. The van der Waals surface area contributed by atoms with Gasteiger partial charge in [-0.3, -0.25) is 9.69 Å². The number of carbonyl (C=O) groups is 1. The first-order valence-corrected chi connectivity index (χ1v) is 9.46. The molecular formula is C21H22N4O2. The van der Waals surface area contributed by atoms with Gasteiger partial charge in [0.2, 0.25) is 0 Å². The van der Waals surface area contributed by atoms with Crippen LogP contribution in [0, 0.1) is 0 Å². The fourth-order valence-corrected chi connectivity index (χ4v) is 3.96. The number of amides is 1. The van der Waals surface area contributed by atoms with Gasteiger partial charge in [-0.2, -0.15) is 0 Å². The minimum absolute atomic E-state index is 0.0216. The van der Waals surface area contributed by atoms with Crippen LogP contribution in [0.25, 0.3) is 22.4 Å². The molecule has 1 N–H and O–H groups in total. The fourth-order valence-electron chi connectivity index (χ4n) is 3.96. The molecule has 1 aromatic heterocycles. The molecule has 3 aromatic rings. The van der Waals surface area contributed by atoms with Crippen molar-refractivity contribution < 1.29 is 9.53 Å². The molecule has 27 heavy (non-hydrogen) atoms. The smallest absolute Gasteiger partial charge is 0.253 e. The second kappa shape index (κ2) is 6.79. The summed E-state index contributed by atoms with van der Waals surface area (Å²) in [5, 5.41) is 2.97. The maximum Gasteiger partial charge on any atom is 0.253 e. The number of rotatable bonds is 3. The van der Waals surface area contributed by atoms with E-state index in [0.717, 1.165) is 61.8 Å². The number of morpholine rings is 1. The summed E-state index contributed by atoms with van der Waals surface area (Å²) < 4.78 is 7.59. The molecule has 2 aliphatic heterocycles. The molecule has 5 rings (SSSR count). The van der Waals surface area contributed by atoms with E-state index in [-0.39, 0.29) is 5.91 Å². The van der Waals surface area contributed by atoms with Gasteiger partial charge in [0.25, 0.3) is 5.91 Å². The van der Waals surface area contributed by atoms with E-state index in [4.69, 9.17) is 9.72 Å². The number of carbonyl (C=O) groups excluding carboxylic acids is 1. The van der Waals surface area contributed by atoms with Gasteiger partial charge in [0.15, 0.2) is 0 Å². The van der Waals surface area contributed by atoms with E-state index in [2.05, 4.69) is 39.0 Å². The first kappa shape index (κ1) is 16.5. The number of benzene rings is 2. The van der Waals surface area contributed by atoms with E-state index in [1.165, 1.54) is 5.56 Å². The fraction of sp³-hybridized carbons (Fsp3) is 0.333. The van der Waals surface area contributed by atoms with Gasteiger partial charge in [-0.05, 0) is 17.7 Å². The third kappa shape index (κ3) is 3.01. The van der Waals surface area contributed by atoms with Gasteiger partial charge in [0.1, 0.15) is 5.82 Å². The van der Waals surface area contributed by atoms with E-state index < -0.39 is 0 Å². The highest BCUT2D eigenvalue weighted by Crippen LogP contribution is 2.28. The van der Waals surface area contributed by atoms with Crippen molar-refractivity contribution in [1.82, 2.24) is 19.8 Å².